The minimum Gasteiger partial charge on any atom is -0.336 e. The van der Waals surface area contributed by atoms with Gasteiger partial charge in [0.05, 0.1) is 18.3 Å². The first-order chi connectivity index (χ1) is 13.5. The second-order valence-electron chi connectivity index (χ2n) is 6.95. The maximum absolute atomic E-state index is 12.9. The first-order valence-corrected chi connectivity index (χ1v) is 9.23. The molecule has 1 aromatic carbocycles. The first kappa shape index (κ1) is 18.2. The van der Waals surface area contributed by atoms with E-state index in [9.17, 15) is 14.4 Å². The number of hydrogen-bond acceptors (Lipinski definition) is 5. The smallest absolute Gasteiger partial charge is 0.325 e. The van der Waals surface area contributed by atoms with Crippen molar-refractivity contribution in [2.75, 3.05) is 33.2 Å². The molecular weight excluding hydrogens is 360 g/mol. The normalized spacial score (nSPS) is 21.0. The Morgan fingerprint density at radius 3 is 2.61 bits per heavy atom. The Balaban J connectivity index is 1.39. The Labute approximate surface area is 162 Å². The summed E-state index contributed by atoms with van der Waals surface area (Å²) in [5, 5.41) is 7.04. The number of carbonyl (C=O) groups excluding carboxylic acids is 3. The molecule has 4 rings (SSSR count). The molecule has 4 amide bonds. The van der Waals surface area contributed by atoms with E-state index in [4.69, 9.17) is 0 Å². The molecule has 146 valence electrons. The molecule has 1 atom stereocenters. The second kappa shape index (κ2) is 7.43. The number of imide groups is 1. The number of hydrogen-bond donors (Lipinski definition) is 1. The average molecular weight is 382 g/mol. The summed E-state index contributed by atoms with van der Waals surface area (Å²) >= 11 is 0. The van der Waals surface area contributed by atoms with E-state index in [0.717, 1.165) is 10.6 Å². The highest BCUT2D eigenvalue weighted by Crippen LogP contribution is 2.16. The summed E-state index contributed by atoms with van der Waals surface area (Å²) in [4.78, 5) is 41.6. The third kappa shape index (κ3) is 3.48. The molecule has 0 bridgehead atoms. The molecule has 0 spiro atoms. The van der Waals surface area contributed by atoms with Gasteiger partial charge in [-0.05, 0) is 24.3 Å². The molecule has 0 radical (unpaired) electrons. The number of nitrogens with zero attached hydrogens (tertiary/aromatic N) is 5. The van der Waals surface area contributed by atoms with E-state index in [-0.39, 0.29) is 30.4 Å². The largest absolute Gasteiger partial charge is 0.336 e. The lowest BCUT2D eigenvalue weighted by Crippen LogP contribution is -2.62. The number of rotatable bonds is 3. The van der Waals surface area contributed by atoms with Crippen LogP contribution in [0, 0.1) is 0 Å². The maximum Gasteiger partial charge on any atom is 0.325 e. The lowest BCUT2D eigenvalue weighted by molar-refractivity contribution is -0.130. The van der Waals surface area contributed by atoms with Crippen LogP contribution in [0.1, 0.15) is 16.8 Å². The van der Waals surface area contributed by atoms with Crippen molar-refractivity contribution in [3.05, 3.63) is 48.3 Å². The first-order valence-electron chi connectivity index (χ1n) is 9.23. The summed E-state index contributed by atoms with van der Waals surface area (Å²) in [6, 6.07) is 8.84. The van der Waals surface area contributed by atoms with Gasteiger partial charge in [0.1, 0.15) is 0 Å². The van der Waals surface area contributed by atoms with Gasteiger partial charge in [-0.2, -0.15) is 5.10 Å². The van der Waals surface area contributed by atoms with Crippen molar-refractivity contribution < 1.29 is 14.4 Å². The number of benzene rings is 1. The molecule has 2 fully saturated rings. The van der Waals surface area contributed by atoms with Gasteiger partial charge in [-0.25, -0.2) is 9.48 Å². The molecule has 2 aliphatic rings. The Morgan fingerprint density at radius 2 is 1.93 bits per heavy atom. The van der Waals surface area contributed by atoms with E-state index in [1.807, 2.05) is 35.4 Å². The lowest BCUT2D eigenvalue weighted by Gasteiger charge is -2.41. The van der Waals surface area contributed by atoms with Crippen LogP contribution in [0.4, 0.5) is 4.79 Å². The van der Waals surface area contributed by atoms with Crippen LogP contribution in [0.3, 0.4) is 0 Å². The van der Waals surface area contributed by atoms with Crippen molar-refractivity contribution in [1.82, 2.24) is 29.8 Å². The van der Waals surface area contributed by atoms with E-state index in [1.54, 1.807) is 21.8 Å². The molecule has 2 aromatic rings. The molecule has 0 aliphatic carbocycles. The Bertz CT molecular complexity index is 871. The molecule has 1 unspecified atom stereocenters. The van der Waals surface area contributed by atoms with Crippen LogP contribution in [-0.2, 0) is 4.79 Å². The predicted molar refractivity (Wildman–Crippen MR) is 101 cm³/mol. The minimum absolute atomic E-state index is 0.0304. The molecule has 2 aliphatic heterocycles. The summed E-state index contributed by atoms with van der Waals surface area (Å²) in [5.74, 6) is -0.222. The summed E-state index contributed by atoms with van der Waals surface area (Å²) in [6.45, 7) is 2.29. The van der Waals surface area contributed by atoms with Gasteiger partial charge >= 0.3 is 6.03 Å². The summed E-state index contributed by atoms with van der Waals surface area (Å²) in [7, 11) is 1.47. The van der Waals surface area contributed by atoms with Gasteiger partial charge < -0.3 is 10.2 Å². The number of amides is 4. The van der Waals surface area contributed by atoms with Crippen molar-refractivity contribution in [2.24, 2.45) is 0 Å². The van der Waals surface area contributed by atoms with Crippen molar-refractivity contribution in [1.29, 1.82) is 0 Å². The Hall–Kier alpha value is -3.20. The third-order valence-electron chi connectivity index (χ3n) is 5.24. The average Bonchev–Trinajstić information content (AvgIpc) is 3.26. The highest BCUT2D eigenvalue weighted by atomic mass is 16.2. The van der Waals surface area contributed by atoms with Crippen molar-refractivity contribution in [2.45, 2.75) is 12.6 Å². The molecule has 9 nitrogen and oxygen atoms in total. The van der Waals surface area contributed by atoms with Crippen molar-refractivity contribution >= 4 is 17.8 Å². The van der Waals surface area contributed by atoms with E-state index >= 15 is 0 Å². The van der Waals surface area contributed by atoms with Crippen LogP contribution in [0.15, 0.2) is 42.7 Å². The number of urea groups is 1. The molecule has 9 heteroatoms. The molecule has 1 N–H and O–H groups in total. The second-order valence-corrected chi connectivity index (χ2v) is 6.95. The Kier molecular flexibility index (Phi) is 4.82. The van der Waals surface area contributed by atoms with Crippen LogP contribution < -0.4 is 5.32 Å². The van der Waals surface area contributed by atoms with Crippen LogP contribution in [0.25, 0.3) is 5.69 Å². The highest BCUT2D eigenvalue weighted by molar-refractivity contribution is 5.97. The molecule has 1 aromatic heterocycles. The predicted octanol–water partition coefficient (Wildman–Crippen LogP) is 0.528. The monoisotopic (exact) mass is 382 g/mol. The number of carbonyl (C=O) groups is 3. The van der Waals surface area contributed by atoms with E-state index in [0.29, 0.717) is 31.7 Å². The summed E-state index contributed by atoms with van der Waals surface area (Å²) < 4.78 is 1.72. The standard InChI is InChI=1S/C19H22N6O3/c1-22-17(26)13-16(21-19(22)28)23-8-10-24(11-9-23)18(27)14-4-2-5-15(12-14)25-7-3-6-20-25/h2-7,12,16H,8-11,13H2,1H3,(H,21,28). The van der Waals surface area contributed by atoms with Gasteiger partial charge in [-0.15, -0.1) is 0 Å². The number of aromatic nitrogens is 2. The highest BCUT2D eigenvalue weighted by Gasteiger charge is 2.34. The zero-order valence-electron chi connectivity index (χ0n) is 15.6. The van der Waals surface area contributed by atoms with E-state index in [1.165, 1.54) is 7.05 Å². The van der Waals surface area contributed by atoms with Crippen molar-refractivity contribution in [3.63, 3.8) is 0 Å². The number of nitrogens with one attached hydrogen (secondary N) is 1. The molecule has 2 saturated heterocycles. The fourth-order valence-corrected chi connectivity index (χ4v) is 3.55. The SMILES string of the molecule is CN1C(=O)CC(N2CCN(C(=O)c3cccc(-n4cccn4)c3)CC2)NC1=O. The van der Waals surface area contributed by atoms with E-state index < -0.39 is 0 Å². The van der Waals surface area contributed by atoms with Gasteiger partial charge in [0, 0.05) is 51.2 Å². The quantitative estimate of drug-likeness (QED) is 0.836. The van der Waals surface area contributed by atoms with Gasteiger partial charge in [0.25, 0.3) is 5.91 Å². The number of piperazine rings is 1. The maximum atomic E-state index is 12.9. The van der Waals surface area contributed by atoms with Crippen LogP contribution in [-0.4, -0.2) is 81.7 Å². The minimum atomic E-state index is -0.379. The fourth-order valence-electron chi connectivity index (χ4n) is 3.55. The van der Waals surface area contributed by atoms with E-state index in [2.05, 4.69) is 10.4 Å². The molecular formula is C19H22N6O3. The van der Waals surface area contributed by atoms with Crippen LogP contribution >= 0.6 is 0 Å². The zero-order valence-corrected chi connectivity index (χ0v) is 15.6. The van der Waals surface area contributed by atoms with Gasteiger partial charge in [0.15, 0.2) is 0 Å². The summed E-state index contributed by atoms with van der Waals surface area (Å²) in [6.07, 6.45) is 3.47. The third-order valence-corrected chi connectivity index (χ3v) is 5.24. The van der Waals surface area contributed by atoms with Gasteiger partial charge in [0.2, 0.25) is 5.91 Å². The van der Waals surface area contributed by atoms with Gasteiger partial charge in [-0.3, -0.25) is 19.4 Å². The Morgan fingerprint density at radius 1 is 1.14 bits per heavy atom. The lowest BCUT2D eigenvalue weighted by atomic mass is 10.1. The molecule has 28 heavy (non-hydrogen) atoms. The topological polar surface area (TPSA) is 90.8 Å². The molecule has 3 heterocycles. The van der Waals surface area contributed by atoms with Crippen molar-refractivity contribution in [3.8, 4) is 5.69 Å². The van der Waals surface area contributed by atoms with Gasteiger partial charge in [-0.1, -0.05) is 6.07 Å². The fraction of sp³-hybridized carbons (Fsp3) is 0.368. The molecule has 0 saturated carbocycles. The van der Waals surface area contributed by atoms with Crippen LogP contribution in [0.5, 0.6) is 0 Å². The van der Waals surface area contributed by atoms with Crippen LogP contribution in [0.2, 0.25) is 0 Å². The zero-order chi connectivity index (χ0) is 19.7. The summed E-state index contributed by atoms with van der Waals surface area (Å²) in [5.41, 5.74) is 1.45.